The molecule has 0 bridgehead atoms. The van der Waals surface area contributed by atoms with Crippen molar-refractivity contribution < 1.29 is 15.0 Å². The molecule has 0 heterocycles. The maximum absolute atomic E-state index is 9.87. The summed E-state index contributed by atoms with van der Waals surface area (Å²) in [4.78, 5) is 9.87. The summed E-state index contributed by atoms with van der Waals surface area (Å²) in [5.74, 6) is 0. The van der Waals surface area contributed by atoms with Crippen molar-refractivity contribution in [3.05, 3.63) is 0 Å². The first-order chi connectivity index (χ1) is 4.59. The molecule has 0 amide bonds. The monoisotopic (exact) mass is 147 g/mol. The van der Waals surface area contributed by atoms with Gasteiger partial charge in [-0.25, -0.2) is 0 Å². The van der Waals surface area contributed by atoms with Crippen molar-refractivity contribution in [2.45, 2.75) is 31.6 Å². The van der Waals surface area contributed by atoms with E-state index in [-0.39, 0.29) is 6.42 Å². The van der Waals surface area contributed by atoms with Crippen LogP contribution in [0.5, 0.6) is 0 Å². The van der Waals surface area contributed by atoms with Crippen molar-refractivity contribution in [3.8, 4) is 0 Å². The van der Waals surface area contributed by atoms with Crippen LogP contribution in [0.15, 0.2) is 0 Å². The van der Waals surface area contributed by atoms with Crippen LogP contribution in [-0.4, -0.2) is 34.7 Å². The second-order valence-electron chi connectivity index (χ2n) is 2.30. The van der Waals surface area contributed by atoms with Gasteiger partial charge in [-0.05, 0) is 6.92 Å². The third-order valence-electron chi connectivity index (χ3n) is 1.30. The van der Waals surface area contributed by atoms with E-state index in [0.29, 0.717) is 6.29 Å². The quantitative estimate of drug-likeness (QED) is 0.429. The van der Waals surface area contributed by atoms with E-state index in [9.17, 15) is 4.79 Å². The highest BCUT2D eigenvalue weighted by atomic mass is 16.3. The number of nitrogens with two attached hydrogens (primary N) is 1. The maximum atomic E-state index is 9.87. The summed E-state index contributed by atoms with van der Waals surface area (Å²) in [6.45, 7) is 1.43. The zero-order valence-electron chi connectivity index (χ0n) is 5.90. The van der Waals surface area contributed by atoms with Gasteiger partial charge in [0.15, 0.2) is 0 Å². The van der Waals surface area contributed by atoms with Gasteiger partial charge in [-0.1, -0.05) is 0 Å². The highest BCUT2D eigenvalue weighted by molar-refractivity contribution is 5.50. The fourth-order valence-corrected chi connectivity index (χ4v) is 0.608. The molecule has 0 spiro atoms. The average Bonchev–Trinajstić information content (AvgIpc) is 1.87. The van der Waals surface area contributed by atoms with Gasteiger partial charge in [0.2, 0.25) is 0 Å². The van der Waals surface area contributed by atoms with Gasteiger partial charge in [0.1, 0.15) is 6.29 Å². The van der Waals surface area contributed by atoms with Crippen LogP contribution in [0.25, 0.3) is 0 Å². The zero-order valence-corrected chi connectivity index (χ0v) is 5.90. The Bertz CT molecular complexity index is 105. The Balaban J connectivity index is 3.68. The first-order valence-electron chi connectivity index (χ1n) is 3.15. The van der Waals surface area contributed by atoms with E-state index in [0.717, 1.165) is 0 Å². The first-order valence-corrected chi connectivity index (χ1v) is 3.15. The third-order valence-corrected chi connectivity index (χ3v) is 1.30. The highest BCUT2D eigenvalue weighted by Crippen LogP contribution is 1.98. The van der Waals surface area contributed by atoms with Crippen molar-refractivity contribution in [1.29, 1.82) is 0 Å². The Kier molecular flexibility index (Phi) is 4.18. The van der Waals surface area contributed by atoms with Crippen LogP contribution < -0.4 is 5.73 Å². The van der Waals surface area contributed by atoms with E-state index >= 15 is 0 Å². The Morgan fingerprint density at radius 2 is 2.10 bits per heavy atom. The molecule has 0 radical (unpaired) electrons. The molecule has 0 aliphatic heterocycles. The van der Waals surface area contributed by atoms with Gasteiger partial charge in [0, 0.05) is 12.5 Å². The largest absolute Gasteiger partial charge is 0.391 e. The molecule has 0 aromatic heterocycles. The fraction of sp³-hybridized carbons (Fsp3) is 0.833. The standard InChI is InChI=1S/C6H13NO3/c1-4(9)6(10)5(7)2-3-8/h3-6,9-10H,2,7H2,1H3/t4-,5-,6-/m0/s1. The van der Waals surface area contributed by atoms with Crippen molar-refractivity contribution in [1.82, 2.24) is 0 Å². The van der Waals surface area contributed by atoms with E-state index < -0.39 is 18.2 Å². The number of hydrogen-bond acceptors (Lipinski definition) is 4. The Morgan fingerprint density at radius 3 is 2.40 bits per heavy atom. The van der Waals surface area contributed by atoms with Gasteiger partial charge in [-0.3, -0.25) is 0 Å². The number of aliphatic hydroxyl groups excluding tert-OH is 2. The summed E-state index contributed by atoms with van der Waals surface area (Å²) in [5, 5.41) is 17.8. The molecule has 0 unspecified atom stereocenters. The molecule has 4 heteroatoms. The molecule has 4 N–H and O–H groups in total. The molecule has 0 aliphatic carbocycles. The predicted octanol–water partition coefficient (Wildman–Crippen LogP) is -1.36. The summed E-state index contributed by atoms with van der Waals surface area (Å²) in [6, 6.07) is -0.655. The minimum atomic E-state index is -1.01. The van der Waals surface area contributed by atoms with Crippen LogP contribution >= 0.6 is 0 Å². The summed E-state index contributed by atoms with van der Waals surface area (Å²) in [6.07, 6.45) is -1.19. The Labute approximate surface area is 59.7 Å². The van der Waals surface area contributed by atoms with Gasteiger partial charge >= 0.3 is 0 Å². The summed E-state index contributed by atoms with van der Waals surface area (Å²) in [7, 11) is 0. The van der Waals surface area contributed by atoms with Crippen LogP contribution in [0.3, 0.4) is 0 Å². The van der Waals surface area contributed by atoms with Crippen LogP contribution in [-0.2, 0) is 4.79 Å². The number of aldehydes is 1. The Morgan fingerprint density at radius 1 is 1.60 bits per heavy atom. The lowest BCUT2D eigenvalue weighted by Crippen LogP contribution is -2.41. The molecule has 0 fully saturated rings. The highest BCUT2D eigenvalue weighted by Gasteiger charge is 2.18. The maximum Gasteiger partial charge on any atom is 0.121 e. The van der Waals surface area contributed by atoms with Gasteiger partial charge < -0.3 is 20.7 Å². The first kappa shape index (κ1) is 9.55. The van der Waals surface area contributed by atoms with E-state index in [2.05, 4.69) is 0 Å². The van der Waals surface area contributed by atoms with Crippen molar-refractivity contribution >= 4 is 6.29 Å². The molecule has 4 nitrogen and oxygen atoms in total. The molecule has 60 valence electrons. The smallest absolute Gasteiger partial charge is 0.121 e. The predicted molar refractivity (Wildman–Crippen MR) is 36.3 cm³/mol. The van der Waals surface area contributed by atoms with Crippen LogP contribution in [0.4, 0.5) is 0 Å². The normalized spacial score (nSPS) is 19.6. The number of rotatable bonds is 4. The van der Waals surface area contributed by atoms with Crippen LogP contribution in [0, 0.1) is 0 Å². The minimum Gasteiger partial charge on any atom is -0.391 e. The summed E-state index contributed by atoms with van der Waals surface area (Å²) >= 11 is 0. The lowest BCUT2D eigenvalue weighted by Gasteiger charge is -2.18. The van der Waals surface area contributed by atoms with Crippen LogP contribution in [0.1, 0.15) is 13.3 Å². The molecule has 0 aromatic rings. The molecule has 0 rings (SSSR count). The minimum absolute atomic E-state index is 0.0755. The van der Waals surface area contributed by atoms with Crippen molar-refractivity contribution in [3.63, 3.8) is 0 Å². The zero-order chi connectivity index (χ0) is 8.15. The SMILES string of the molecule is C[C@H](O)[C@H](O)[C@@H](N)CC=O. The summed E-state index contributed by atoms with van der Waals surface area (Å²) < 4.78 is 0. The van der Waals surface area contributed by atoms with Crippen molar-refractivity contribution in [2.75, 3.05) is 0 Å². The number of aliphatic hydroxyl groups is 2. The average molecular weight is 147 g/mol. The van der Waals surface area contributed by atoms with E-state index in [1.807, 2.05) is 0 Å². The topological polar surface area (TPSA) is 83.6 Å². The number of carbonyl (C=O) groups excluding carboxylic acids is 1. The third kappa shape index (κ3) is 2.91. The van der Waals surface area contributed by atoms with Crippen LogP contribution in [0.2, 0.25) is 0 Å². The van der Waals surface area contributed by atoms with E-state index in [4.69, 9.17) is 15.9 Å². The lowest BCUT2D eigenvalue weighted by atomic mass is 10.1. The van der Waals surface area contributed by atoms with Gasteiger partial charge in [0.25, 0.3) is 0 Å². The van der Waals surface area contributed by atoms with Gasteiger partial charge in [-0.2, -0.15) is 0 Å². The lowest BCUT2D eigenvalue weighted by molar-refractivity contribution is -0.109. The summed E-state index contributed by atoms with van der Waals surface area (Å²) in [5.41, 5.74) is 5.29. The second-order valence-corrected chi connectivity index (χ2v) is 2.30. The van der Waals surface area contributed by atoms with E-state index in [1.54, 1.807) is 0 Å². The second kappa shape index (κ2) is 4.38. The molecule has 0 aromatic carbocycles. The molecule has 0 aliphatic rings. The molecular weight excluding hydrogens is 134 g/mol. The van der Waals surface area contributed by atoms with E-state index in [1.165, 1.54) is 6.92 Å². The van der Waals surface area contributed by atoms with Gasteiger partial charge in [-0.15, -0.1) is 0 Å². The molecule has 0 saturated carbocycles. The Hall–Kier alpha value is -0.450. The number of hydrogen-bond donors (Lipinski definition) is 3. The molecule has 10 heavy (non-hydrogen) atoms. The molecule has 3 atom stereocenters. The van der Waals surface area contributed by atoms with Crippen molar-refractivity contribution in [2.24, 2.45) is 5.73 Å². The molecule has 0 saturated heterocycles. The number of carbonyl (C=O) groups is 1. The van der Waals surface area contributed by atoms with Gasteiger partial charge in [0.05, 0.1) is 12.2 Å². The molecular formula is C6H13NO3. The fourth-order valence-electron chi connectivity index (χ4n) is 0.608.